The lowest BCUT2D eigenvalue weighted by molar-refractivity contribution is -0.142. The number of carbonyl (C=O) groups excluding carboxylic acids is 1. The lowest BCUT2D eigenvalue weighted by atomic mass is 9.99. The number of aliphatic carboxylic acids is 1. The van der Waals surface area contributed by atoms with Crippen LogP contribution in [0.5, 0.6) is 0 Å². The maximum Gasteiger partial charge on any atom is 0.308 e. The molecule has 0 unspecified atom stereocenters. The van der Waals surface area contributed by atoms with Crippen molar-refractivity contribution in [2.75, 3.05) is 13.1 Å². The van der Waals surface area contributed by atoms with Crippen molar-refractivity contribution in [3.05, 3.63) is 34.9 Å². The highest BCUT2D eigenvalue weighted by Gasteiger charge is 2.37. The highest BCUT2D eigenvalue weighted by molar-refractivity contribution is 5.95. The summed E-state index contributed by atoms with van der Waals surface area (Å²) in [5.74, 6) is -1.33. The molecule has 0 bridgehead atoms. The Morgan fingerprint density at radius 3 is 2.42 bits per heavy atom. The predicted molar refractivity (Wildman–Crippen MR) is 72.1 cm³/mol. The molecule has 2 atom stereocenters. The van der Waals surface area contributed by atoms with Crippen molar-refractivity contribution in [3.63, 3.8) is 0 Å². The average molecular weight is 261 g/mol. The molecule has 1 heterocycles. The Hall–Kier alpha value is -1.84. The summed E-state index contributed by atoms with van der Waals surface area (Å²) in [6.45, 7) is 6.68. The molecule has 0 spiro atoms. The molecule has 2 rings (SSSR count). The van der Waals surface area contributed by atoms with Gasteiger partial charge in [-0.25, -0.2) is 0 Å². The summed E-state index contributed by atoms with van der Waals surface area (Å²) in [6, 6.07) is 5.61. The molecule has 4 heteroatoms. The molecule has 1 aromatic carbocycles. The molecule has 1 aliphatic rings. The number of carbonyl (C=O) groups is 2. The van der Waals surface area contributed by atoms with Gasteiger partial charge in [0.05, 0.1) is 5.92 Å². The maximum atomic E-state index is 12.4. The highest BCUT2D eigenvalue weighted by atomic mass is 16.4. The number of amides is 1. The van der Waals surface area contributed by atoms with Gasteiger partial charge in [-0.1, -0.05) is 13.0 Å². The second-order valence-electron chi connectivity index (χ2n) is 5.43. The average Bonchev–Trinajstić information content (AvgIpc) is 2.74. The minimum atomic E-state index is -0.817. The van der Waals surface area contributed by atoms with Crippen molar-refractivity contribution in [3.8, 4) is 0 Å². The molecule has 102 valence electrons. The van der Waals surface area contributed by atoms with Crippen molar-refractivity contribution in [2.24, 2.45) is 11.8 Å². The summed E-state index contributed by atoms with van der Waals surface area (Å²) in [5, 5.41) is 9.10. The number of carboxylic acid groups (broad SMARTS) is 1. The molecule has 19 heavy (non-hydrogen) atoms. The van der Waals surface area contributed by atoms with Crippen LogP contribution in [0.3, 0.4) is 0 Å². The third-order valence-corrected chi connectivity index (χ3v) is 3.97. The standard InChI is InChI=1S/C15H19NO3/c1-9-4-5-12(6-10(9)2)14(17)16-7-11(3)13(8-16)15(18)19/h4-6,11,13H,7-8H2,1-3H3,(H,18,19)/t11-,13-/m1/s1. The van der Waals surface area contributed by atoms with Crippen LogP contribution < -0.4 is 0 Å². The summed E-state index contributed by atoms with van der Waals surface area (Å²) >= 11 is 0. The van der Waals surface area contributed by atoms with Gasteiger partial charge in [-0.2, -0.15) is 0 Å². The predicted octanol–water partition coefficient (Wildman–Crippen LogP) is 2.10. The molecule has 0 aliphatic carbocycles. The smallest absolute Gasteiger partial charge is 0.308 e. The van der Waals surface area contributed by atoms with Gasteiger partial charge in [0.2, 0.25) is 0 Å². The van der Waals surface area contributed by atoms with Crippen LogP contribution in [0.1, 0.15) is 28.4 Å². The molecule has 1 aliphatic heterocycles. The second kappa shape index (κ2) is 5.03. The van der Waals surface area contributed by atoms with Crippen LogP contribution in [0.15, 0.2) is 18.2 Å². The Bertz CT molecular complexity index is 524. The highest BCUT2D eigenvalue weighted by Crippen LogP contribution is 2.25. The number of hydrogen-bond donors (Lipinski definition) is 1. The monoisotopic (exact) mass is 261 g/mol. The lowest BCUT2D eigenvalue weighted by Gasteiger charge is -2.16. The molecule has 1 N–H and O–H groups in total. The van der Waals surface area contributed by atoms with Crippen LogP contribution in [-0.4, -0.2) is 35.0 Å². The summed E-state index contributed by atoms with van der Waals surface area (Å²) in [7, 11) is 0. The molecular weight excluding hydrogens is 242 g/mol. The maximum absolute atomic E-state index is 12.4. The summed E-state index contributed by atoms with van der Waals surface area (Å²) in [6.07, 6.45) is 0. The first-order valence-corrected chi connectivity index (χ1v) is 6.49. The van der Waals surface area contributed by atoms with Gasteiger partial charge in [0, 0.05) is 18.7 Å². The Morgan fingerprint density at radius 2 is 1.89 bits per heavy atom. The zero-order valence-corrected chi connectivity index (χ0v) is 11.5. The number of carboxylic acids is 1. The topological polar surface area (TPSA) is 57.6 Å². The fourth-order valence-electron chi connectivity index (χ4n) is 2.51. The first-order valence-electron chi connectivity index (χ1n) is 6.49. The van der Waals surface area contributed by atoms with Crippen molar-refractivity contribution < 1.29 is 14.7 Å². The van der Waals surface area contributed by atoms with Crippen molar-refractivity contribution in [2.45, 2.75) is 20.8 Å². The first kappa shape index (κ1) is 13.6. The van der Waals surface area contributed by atoms with Crippen LogP contribution in [0.25, 0.3) is 0 Å². The van der Waals surface area contributed by atoms with E-state index < -0.39 is 11.9 Å². The van der Waals surface area contributed by atoms with Crippen LogP contribution in [0, 0.1) is 25.7 Å². The lowest BCUT2D eigenvalue weighted by Crippen LogP contribution is -2.30. The number of likely N-dealkylation sites (tertiary alicyclic amines) is 1. The van der Waals surface area contributed by atoms with E-state index in [9.17, 15) is 9.59 Å². The van der Waals surface area contributed by atoms with Gasteiger partial charge in [-0.15, -0.1) is 0 Å². The number of aryl methyl sites for hydroxylation is 2. The number of nitrogens with zero attached hydrogens (tertiary/aromatic N) is 1. The largest absolute Gasteiger partial charge is 0.481 e. The van der Waals surface area contributed by atoms with Crippen molar-refractivity contribution in [1.29, 1.82) is 0 Å². The molecule has 1 saturated heterocycles. The minimum Gasteiger partial charge on any atom is -0.481 e. The zero-order chi connectivity index (χ0) is 14.2. The number of hydrogen-bond acceptors (Lipinski definition) is 2. The van der Waals surface area contributed by atoms with Gasteiger partial charge in [-0.05, 0) is 43.0 Å². The number of rotatable bonds is 2. The van der Waals surface area contributed by atoms with Crippen LogP contribution in [-0.2, 0) is 4.79 Å². The van der Waals surface area contributed by atoms with Gasteiger partial charge in [0.1, 0.15) is 0 Å². The van der Waals surface area contributed by atoms with Crippen molar-refractivity contribution in [1.82, 2.24) is 4.90 Å². The summed E-state index contributed by atoms with van der Waals surface area (Å²) in [4.78, 5) is 25.1. The van der Waals surface area contributed by atoms with E-state index in [1.165, 1.54) is 0 Å². The van der Waals surface area contributed by atoms with Crippen molar-refractivity contribution >= 4 is 11.9 Å². The normalized spacial score (nSPS) is 22.6. The minimum absolute atomic E-state index is 0.00740. The van der Waals surface area contributed by atoms with Gasteiger partial charge in [0.25, 0.3) is 5.91 Å². The van der Waals surface area contributed by atoms with E-state index in [4.69, 9.17) is 5.11 Å². The summed E-state index contributed by atoms with van der Waals surface area (Å²) < 4.78 is 0. The Kier molecular flexibility index (Phi) is 3.60. The molecule has 1 fully saturated rings. The fourth-order valence-corrected chi connectivity index (χ4v) is 2.51. The third-order valence-electron chi connectivity index (χ3n) is 3.97. The van der Waals surface area contributed by atoms with E-state index in [1.54, 1.807) is 4.90 Å². The molecule has 0 aromatic heterocycles. The van der Waals surface area contributed by atoms with E-state index in [2.05, 4.69) is 0 Å². The van der Waals surface area contributed by atoms with E-state index in [0.717, 1.165) is 11.1 Å². The van der Waals surface area contributed by atoms with Gasteiger partial charge < -0.3 is 10.0 Å². The molecule has 0 radical (unpaired) electrons. The van der Waals surface area contributed by atoms with E-state index in [-0.39, 0.29) is 11.8 Å². The van der Waals surface area contributed by atoms with Gasteiger partial charge >= 0.3 is 5.97 Å². The zero-order valence-electron chi connectivity index (χ0n) is 11.5. The Balaban J connectivity index is 2.17. The summed E-state index contributed by atoms with van der Waals surface area (Å²) in [5.41, 5.74) is 2.86. The molecule has 1 amide bonds. The van der Waals surface area contributed by atoms with Crippen LogP contribution in [0.2, 0.25) is 0 Å². The van der Waals surface area contributed by atoms with E-state index >= 15 is 0 Å². The van der Waals surface area contributed by atoms with Gasteiger partial charge in [0.15, 0.2) is 0 Å². The Morgan fingerprint density at radius 1 is 1.21 bits per heavy atom. The van der Waals surface area contributed by atoms with Crippen LogP contribution >= 0.6 is 0 Å². The van der Waals surface area contributed by atoms with Crippen LogP contribution in [0.4, 0.5) is 0 Å². The second-order valence-corrected chi connectivity index (χ2v) is 5.43. The SMILES string of the molecule is Cc1ccc(C(=O)N2C[C@@H](C)[C@H](C(=O)O)C2)cc1C. The van der Waals surface area contributed by atoms with Gasteiger partial charge in [-0.3, -0.25) is 9.59 Å². The number of benzene rings is 1. The molecule has 0 saturated carbocycles. The van der Waals surface area contributed by atoms with E-state index in [0.29, 0.717) is 18.7 Å². The van der Waals surface area contributed by atoms with E-state index in [1.807, 2.05) is 39.0 Å². The first-order chi connectivity index (χ1) is 8.90. The molecule has 4 nitrogen and oxygen atoms in total. The molecular formula is C15H19NO3. The molecule has 1 aromatic rings. The fraction of sp³-hybridized carbons (Fsp3) is 0.467. The third kappa shape index (κ3) is 2.62. The Labute approximate surface area is 113 Å². The quantitative estimate of drug-likeness (QED) is 0.887.